The number of fused-ring (bicyclic) bond motifs is 1. The fraction of sp³-hybridized carbons (Fsp3) is 0.154. The normalized spacial score (nSPS) is 11.7. The molecule has 3 aromatic carbocycles. The van der Waals surface area contributed by atoms with E-state index >= 15 is 0 Å². The van der Waals surface area contributed by atoms with E-state index in [1.54, 1.807) is 33.6 Å². The van der Waals surface area contributed by atoms with Gasteiger partial charge in [0.05, 0.1) is 39.9 Å². The fourth-order valence-corrected chi connectivity index (χ4v) is 5.12. The second-order valence-electron chi connectivity index (χ2n) is 8.47. The van der Waals surface area contributed by atoms with Crippen LogP contribution in [0.1, 0.15) is 22.6 Å². The largest absolute Gasteiger partial charge is 0.268 e. The average molecular weight is 501 g/mol. The van der Waals surface area contributed by atoms with Crippen LogP contribution in [0.25, 0.3) is 16.6 Å². The maximum atomic E-state index is 13.7. The van der Waals surface area contributed by atoms with Gasteiger partial charge in [-0.2, -0.15) is 0 Å². The Morgan fingerprint density at radius 2 is 1.61 bits per heavy atom. The van der Waals surface area contributed by atoms with E-state index in [-0.39, 0.29) is 23.5 Å². The van der Waals surface area contributed by atoms with Crippen LogP contribution in [0.2, 0.25) is 0 Å². The smallest absolute Gasteiger partial charge is 0.266 e. The summed E-state index contributed by atoms with van der Waals surface area (Å²) in [7, 11) is -3.67. The Morgan fingerprint density at radius 1 is 0.889 bits per heavy atom. The van der Waals surface area contributed by atoms with Crippen LogP contribution < -0.4 is 10.3 Å². The highest BCUT2D eigenvalue weighted by molar-refractivity contribution is 7.89. The number of nitrogens with zero attached hydrogens (tertiary/aromatic N) is 5. The van der Waals surface area contributed by atoms with Gasteiger partial charge in [0.2, 0.25) is 10.0 Å². The summed E-state index contributed by atoms with van der Waals surface area (Å²) in [4.78, 5) is 18.6. The highest BCUT2D eigenvalue weighted by Gasteiger charge is 2.18. The highest BCUT2D eigenvalue weighted by Crippen LogP contribution is 2.19. The van der Waals surface area contributed by atoms with Gasteiger partial charge >= 0.3 is 0 Å². The first kappa shape index (κ1) is 23.6. The van der Waals surface area contributed by atoms with Gasteiger partial charge in [0.1, 0.15) is 12.4 Å². The van der Waals surface area contributed by atoms with E-state index in [1.165, 1.54) is 12.1 Å². The first-order valence-electron chi connectivity index (χ1n) is 11.3. The second-order valence-corrected chi connectivity index (χ2v) is 10.2. The molecular weight excluding hydrogens is 476 g/mol. The molecule has 0 aliphatic carbocycles. The molecule has 2 aromatic heterocycles. The zero-order chi connectivity index (χ0) is 25.3. The molecule has 0 atom stereocenters. The van der Waals surface area contributed by atoms with Gasteiger partial charge in [-0.05, 0) is 49.2 Å². The lowest BCUT2D eigenvalue weighted by atomic mass is 10.1. The number of hydrogen-bond donors (Lipinski definition) is 1. The lowest BCUT2D eigenvalue weighted by molar-refractivity contribution is 0.580. The van der Waals surface area contributed by atoms with Crippen LogP contribution in [0.5, 0.6) is 0 Å². The molecule has 0 aliphatic heterocycles. The number of sulfonamides is 1. The van der Waals surface area contributed by atoms with Crippen LogP contribution in [-0.2, 0) is 23.1 Å². The number of para-hydroxylation sites is 1. The Kier molecular flexibility index (Phi) is 6.21. The van der Waals surface area contributed by atoms with E-state index in [2.05, 4.69) is 15.0 Å². The molecule has 0 fully saturated rings. The predicted octanol–water partition coefficient (Wildman–Crippen LogP) is 3.12. The van der Waals surface area contributed by atoms with E-state index in [9.17, 15) is 13.2 Å². The maximum absolute atomic E-state index is 13.7. The van der Waals surface area contributed by atoms with E-state index in [4.69, 9.17) is 4.98 Å². The third-order valence-electron chi connectivity index (χ3n) is 5.92. The summed E-state index contributed by atoms with van der Waals surface area (Å²) < 4.78 is 30.7. The predicted molar refractivity (Wildman–Crippen MR) is 136 cm³/mol. The monoisotopic (exact) mass is 500 g/mol. The van der Waals surface area contributed by atoms with E-state index < -0.39 is 10.0 Å². The molecule has 0 saturated carbocycles. The molecule has 0 unspecified atom stereocenters. The molecule has 1 N–H and O–H groups in total. The molecular formula is C26H24N6O3S. The topological polar surface area (TPSA) is 112 Å². The van der Waals surface area contributed by atoms with Crippen molar-refractivity contribution in [3.63, 3.8) is 0 Å². The Morgan fingerprint density at radius 3 is 2.39 bits per heavy atom. The van der Waals surface area contributed by atoms with E-state index in [1.807, 2.05) is 56.3 Å². The lowest BCUT2D eigenvalue weighted by Gasteiger charge is -2.16. The quantitative estimate of drug-likeness (QED) is 0.368. The molecule has 0 spiro atoms. The van der Waals surface area contributed by atoms with Crippen molar-refractivity contribution in [3.8, 4) is 5.69 Å². The van der Waals surface area contributed by atoms with Crippen molar-refractivity contribution in [1.29, 1.82) is 0 Å². The summed E-state index contributed by atoms with van der Waals surface area (Å²) in [5.74, 6) is 0.494. The molecule has 0 radical (unpaired) electrons. The Bertz CT molecular complexity index is 1730. The van der Waals surface area contributed by atoms with Gasteiger partial charge in [-0.25, -0.2) is 22.8 Å². The van der Waals surface area contributed by atoms with Crippen molar-refractivity contribution >= 4 is 20.9 Å². The van der Waals surface area contributed by atoms with Crippen molar-refractivity contribution in [2.24, 2.45) is 0 Å². The van der Waals surface area contributed by atoms with Crippen LogP contribution in [0.3, 0.4) is 0 Å². The molecule has 5 rings (SSSR count). The number of benzene rings is 3. The summed E-state index contributed by atoms with van der Waals surface area (Å²) in [6.07, 6.45) is 1.64. The van der Waals surface area contributed by atoms with Crippen molar-refractivity contribution < 1.29 is 8.42 Å². The molecule has 0 aliphatic rings. The number of hydrogen-bond acceptors (Lipinski definition) is 6. The first-order valence-corrected chi connectivity index (χ1v) is 12.8. The number of aryl methyl sites for hydroxylation is 2. The molecule has 0 amide bonds. The van der Waals surface area contributed by atoms with Gasteiger partial charge in [-0.3, -0.25) is 9.36 Å². The van der Waals surface area contributed by atoms with Gasteiger partial charge in [0.15, 0.2) is 0 Å². The van der Waals surface area contributed by atoms with Crippen LogP contribution in [0, 0.1) is 13.8 Å². The highest BCUT2D eigenvalue weighted by atomic mass is 32.2. The standard InChI is InChI=1S/C26H24N6O3S/c1-18-9-6-7-14-23(18)32-24(28-22-13-8-10-19(2)25(22)26(32)33)17-31-16-20(29-30-31)15-27-36(34,35)21-11-4-3-5-12-21/h3-14,16,27H,15,17H2,1-2H3. The molecule has 0 bridgehead atoms. The average Bonchev–Trinajstić information content (AvgIpc) is 3.32. The summed E-state index contributed by atoms with van der Waals surface area (Å²) in [6, 6.07) is 21.4. The Balaban J connectivity index is 1.49. The summed E-state index contributed by atoms with van der Waals surface area (Å²) in [6.45, 7) is 3.99. The van der Waals surface area contributed by atoms with Gasteiger partial charge in [-0.15, -0.1) is 5.10 Å². The third kappa shape index (κ3) is 4.56. The second kappa shape index (κ2) is 9.48. The van der Waals surface area contributed by atoms with Gasteiger partial charge in [0.25, 0.3) is 5.56 Å². The molecule has 182 valence electrons. The Labute approximate surface area is 208 Å². The molecule has 2 heterocycles. The molecule has 0 saturated heterocycles. The zero-order valence-electron chi connectivity index (χ0n) is 19.8. The Hall–Kier alpha value is -4.15. The number of rotatable bonds is 7. The third-order valence-corrected chi connectivity index (χ3v) is 7.34. The van der Waals surface area contributed by atoms with Gasteiger partial charge in [-0.1, -0.05) is 53.7 Å². The van der Waals surface area contributed by atoms with Crippen LogP contribution in [0.15, 0.2) is 88.7 Å². The fourth-order valence-electron chi connectivity index (χ4n) is 4.10. The van der Waals surface area contributed by atoms with E-state index in [0.717, 1.165) is 16.8 Å². The number of nitrogens with one attached hydrogen (secondary N) is 1. The molecule has 9 nitrogen and oxygen atoms in total. The van der Waals surface area contributed by atoms with Crippen molar-refractivity contribution in [2.75, 3.05) is 0 Å². The lowest BCUT2D eigenvalue weighted by Crippen LogP contribution is -2.26. The van der Waals surface area contributed by atoms with Crippen LogP contribution in [-0.4, -0.2) is 33.0 Å². The van der Waals surface area contributed by atoms with Crippen LogP contribution in [0.4, 0.5) is 0 Å². The van der Waals surface area contributed by atoms with Crippen molar-refractivity contribution in [3.05, 3.63) is 112 Å². The zero-order valence-corrected chi connectivity index (χ0v) is 20.6. The van der Waals surface area contributed by atoms with E-state index in [0.29, 0.717) is 22.4 Å². The molecule has 10 heteroatoms. The maximum Gasteiger partial charge on any atom is 0.266 e. The minimum absolute atomic E-state index is 0.0217. The molecule has 5 aromatic rings. The first-order chi connectivity index (χ1) is 17.3. The van der Waals surface area contributed by atoms with Crippen molar-refractivity contribution in [2.45, 2.75) is 31.8 Å². The minimum Gasteiger partial charge on any atom is -0.268 e. The van der Waals surface area contributed by atoms with Crippen molar-refractivity contribution in [1.82, 2.24) is 29.3 Å². The number of aromatic nitrogens is 5. The summed E-state index contributed by atoms with van der Waals surface area (Å²) in [5, 5.41) is 8.81. The molecule has 36 heavy (non-hydrogen) atoms. The van der Waals surface area contributed by atoms with Gasteiger partial charge < -0.3 is 0 Å². The summed E-state index contributed by atoms with van der Waals surface area (Å²) >= 11 is 0. The van der Waals surface area contributed by atoms with Crippen LogP contribution >= 0.6 is 0 Å². The van der Waals surface area contributed by atoms with Gasteiger partial charge in [0, 0.05) is 0 Å². The SMILES string of the molecule is Cc1ccccc1-n1c(Cn2cc(CNS(=O)(=O)c3ccccc3)nn2)nc2cccc(C)c2c1=O. The summed E-state index contributed by atoms with van der Waals surface area (Å²) in [5.41, 5.74) is 3.43. The minimum atomic E-state index is -3.67.